The van der Waals surface area contributed by atoms with Crippen molar-refractivity contribution in [1.29, 1.82) is 0 Å². The average molecular weight is 278 g/mol. The van der Waals surface area contributed by atoms with Crippen LogP contribution in [-0.4, -0.2) is 25.8 Å². The zero-order valence-corrected chi connectivity index (χ0v) is 11.4. The molecule has 104 valence electrons. The maximum Gasteiger partial charge on any atom is 0.233 e. The van der Waals surface area contributed by atoms with Crippen molar-refractivity contribution in [3.8, 4) is 5.75 Å². The van der Waals surface area contributed by atoms with E-state index in [1.165, 1.54) is 0 Å². The summed E-state index contributed by atoms with van der Waals surface area (Å²) in [5, 5.41) is 4.28. The van der Waals surface area contributed by atoms with Crippen molar-refractivity contribution >= 4 is 16.8 Å². The van der Waals surface area contributed by atoms with Gasteiger partial charge in [-0.05, 0) is 24.3 Å². The molecule has 0 aliphatic heterocycles. The molecule has 2 aromatic carbocycles. The van der Waals surface area contributed by atoms with Crippen LogP contribution in [0.2, 0.25) is 0 Å². The van der Waals surface area contributed by atoms with E-state index in [1.54, 1.807) is 6.33 Å². The summed E-state index contributed by atoms with van der Waals surface area (Å²) in [6, 6.07) is 18.0. The minimum atomic E-state index is 0.588. The van der Waals surface area contributed by atoms with Gasteiger partial charge in [-0.1, -0.05) is 30.3 Å². The standard InChI is InChI=1S/C16H14N4O/c1-2-6-13(7-3-1)21-11-10-19-14-8-4-5-9-15(14)20-16(19)17-12-18-20/h1-9,12H,10-11H2. The SMILES string of the molecule is c1ccc(OCCn2c3ccccc3n3ncnc23)cc1. The molecule has 0 fully saturated rings. The molecule has 0 radical (unpaired) electrons. The molecule has 0 aliphatic carbocycles. The van der Waals surface area contributed by atoms with Crippen LogP contribution in [0.25, 0.3) is 16.8 Å². The van der Waals surface area contributed by atoms with Crippen molar-refractivity contribution in [1.82, 2.24) is 19.2 Å². The number of fused-ring (bicyclic) bond motifs is 3. The highest BCUT2D eigenvalue weighted by atomic mass is 16.5. The fraction of sp³-hybridized carbons (Fsp3) is 0.125. The zero-order chi connectivity index (χ0) is 14.1. The Morgan fingerprint density at radius 1 is 0.905 bits per heavy atom. The van der Waals surface area contributed by atoms with Crippen LogP contribution < -0.4 is 4.74 Å². The molecule has 0 atom stereocenters. The molecule has 0 aliphatic rings. The van der Waals surface area contributed by atoms with Gasteiger partial charge in [-0.3, -0.25) is 0 Å². The van der Waals surface area contributed by atoms with Crippen LogP contribution in [0.5, 0.6) is 5.75 Å². The van der Waals surface area contributed by atoms with Gasteiger partial charge in [0.2, 0.25) is 5.78 Å². The van der Waals surface area contributed by atoms with E-state index in [4.69, 9.17) is 4.74 Å². The lowest BCUT2D eigenvalue weighted by molar-refractivity contribution is 0.301. The molecule has 0 unspecified atom stereocenters. The number of rotatable bonds is 4. The third kappa shape index (κ3) is 2.03. The topological polar surface area (TPSA) is 44.4 Å². The highest BCUT2D eigenvalue weighted by molar-refractivity contribution is 5.80. The second-order valence-corrected chi connectivity index (χ2v) is 4.77. The fourth-order valence-corrected chi connectivity index (χ4v) is 2.56. The first kappa shape index (κ1) is 12.0. The number of imidazole rings is 1. The van der Waals surface area contributed by atoms with Gasteiger partial charge in [0, 0.05) is 0 Å². The molecule has 2 heterocycles. The van der Waals surface area contributed by atoms with Gasteiger partial charge in [-0.15, -0.1) is 0 Å². The summed E-state index contributed by atoms with van der Waals surface area (Å²) in [7, 11) is 0. The van der Waals surface area contributed by atoms with Crippen molar-refractivity contribution in [2.24, 2.45) is 0 Å². The molecule has 0 saturated carbocycles. The molecule has 0 amide bonds. The second kappa shape index (κ2) is 4.94. The van der Waals surface area contributed by atoms with Crippen molar-refractivity contribution in [2.75, 3.05) is 6.61 Å². The van der Waals surface area contributed by atoms with E-state index in [-0.39, 0.29) is 0 Å². The highest BCUT2D eigenvalue weighted by Gasteiger charge is 2.11. The number of para-hydroxylation sites is 3. The maximum atomic E-state index is 5.78. The van der Waals surface area contributed by atoms with Crippen molar-refractivity contribution in [3.63, 3.8) is 0 Å². The Bertz CT molecular complexity index is 879. The number of aromatic nitrogens is 4. The Morgan fingerprint density at radius 3 is 2.52 bits per heavy atom. The summed E-state index contributed by atoms with van der Waals surface area (Å²) in [6.45, 7) is 1.32. The lowest BCUT2D eigenvalue weighted by atomic mass is 10.3. The first-order valence-corrected chi connectivity index (χ1v) is 6.88. The molecule has 0 spiro atoms. The van der Waals surface area contributed by atoms with Gasteiger partial charge < -0.3 is 9.30 Å². The maximum absolute atomic E-state index is 5.78. The van der Waals surface area contributed by atoms with E-state index < -0.39 is 0 Å². The average Bonchev–Trinajstić information content (AvgIpc) is 3.11. The largest absolute Gasteiger partial charge is 0.492 e. The van der Waals surface area contributed by atoms with Crippen LogP contribution in [0.3, 0.4) is 0 Å². The second-order valence-electron chi connectivity index (χ2n) is 4.77. The summed E-state index contributed by atoms with van der Waals surface area (Å²) in [6.07, 6.45) is 1.58. The van der Waals surface area contributed by atoms with E-state index in [9.17, 15) is 0 Å². The van der Waals surface area contributed by atoms with Gasteiger partial charge in [-0.2, -0.15) is 14.6 Å². The minimum Gasteiger partial charge on any atom is -0.492 e. The van der Waals surface area contributed by atoms with Crippen LogP contribution in [-0.2, 0) is 6.54 Å². The normalized spacial score (nSPS) is 11.2. The van der Waals surface area contributed by atoms with Crippen LogP contribution in [0, 0.1) is 0 Å². The van der Waals surface area contributed by atoms with Gasteiger partial charge in [0.25, 0.3) is 0 Å². The third-order valence-corrected chi connectivity index (χ3v) is 3.50. The van der Waals surface area contributed by atoms with Crippen molar-refractivity contribution < 1.29 is 4.74 Å². The van der Waals surface area contributed by atoms with E-state index >= 15 is 0 Å². The molecule has 4 rings (SSSR count). The predicted molar refractivity (Wildman–Crippen MR) is 80.4 cm³/mol. The molecular formula is C16H14N4O. The smallest absolute Gasteiger partial charge is 0.233 e. The summed E-state index contributed by atoms with van der Waals surface area (Å²) >= 11 is 0. The number of ether oxygens (including phenoxy) is 1. The van der Waals surface area contributed by atoms with Gasteiger partial charge in [0.15, 0.2) is 0 Å². The Balaban J connectivity index is 1.64. The molecule has 0 bridgehead atoms. The van der Waals surface area contributed by atoms with Crippen molar-refractivity contribution in [2.45, 2.75) is 6.54 Å². The molecular weight excluding hydrogens is 264 g/mol. The molecule has 2 aromatic heterocycles. The molecule has 5 heteroatoms. The van der Waals surface area contributed by atoms with Crippen LogP contribution >= 0.6 is 0 Å². The zero-order valence-electron chi connectivity index (χ0n) is 11.4. The third-order valence-electron chi connectivity index (χ3n) is 3.50. The van der Waals surface area contributed by atoms with Gasteiger partial charge in [-0.25, -0.2) is 0 Å². The molecule has 0 saturated heterocycles. The Hall–Kier alpha value is -2.82. The van der Waals surface area contributed by atoms with E-state index in [2.05, 4.69) is 20.7 Å². The molecule has 21 heavy (non-hydrogen) atoms. The quantitative estimate of drug-likeness (QED) is 0.576. The van der Waals surface area contributed by atoms with E-state index in [0.717, 1.165) is 29.1 Å². The number of nitrogens with zero attached hydrogens (tertiary/aromatic N) is 4. The number of benzene rings is 2. The molecule has 5 nitrogen and oxygen atoms in total. The molecule has 0 N–H and O–H groups in total. The first-order valence-electron chi connectivity index (χ1n) is 6.88. The Morgan fingerprint density at radius 2 is 1.67 bits per heavy atom. The van der Waals surface area contributed by atoms with Crippen LogP contribution in [0.1, 0.15) is 0 Å². The number of hydrogen-bond acceptors (Lipinski definition) is 3. The summed E-state index contributed by atoms with van der Waals surface area (Å²) < 4.78 is 9.76. The molecule has 4 aromatic rings. The first-order chi connectivity index (χ1) is 10.4. The lowest BCUT2D eigenvalue weighted by Crippen LogP contribution is -2.08. The summed E-state index contributed by atoms with van der Waals surface area (Å²) in [5.74, 6) is 1.72. The summed E-state index contributed by atoms with van der Waals surface area (Å²) in [5.41, 5.74) is 2.18. The summed E-state index contributed by atoms with van der Waals surface area (Å²) in [4.78, 5) is 4.34. The Labute approximate surface area is 121 Å². The van der Waals surface area contributed by atoms with Gasteiger partial charge in [0.05, 0.1) is 17.6 Å². The monoisotopic (exact) mass is 278 g/mol. The van der Waals surface area contributed by atoms with Crippen molar-refractivity contribution in [3.05, 3.63) is 60.9 Å². The van der Waals surface area contributed by atoms with Gasteiger partial charge >= 0.3 is 0 Å². The highest BCUT2D eigenvalue weighted by Crippen LogP contribution is 2.18. The van der Waals surface area contributed by atoms with Crippen LogP contribution in [0.4, 0.5) is 0 Å². The number of hydrogen-bond donors (Lipinski definition) is 0. The minimum absolute atomic E-state index is 0.588. The van der Waals surface area contributed by atoms with Gasteiger partial charge in [0.1, 0.15) is 18.7 Å². The van der Waals surface area contributed by atoms with E-state index in [1.807, 2.05) is 53.0 Å². The Kier molecular flexibility index (Phi) is 2.81. The predicted octanol–water partition coefficient (Wildman–Crippen LogP) is 2.76. The van der Waals surface area contributed by atoms with Crippen LogP contribution in [0.15, 0.2) is 60.9 Å². The van der Waals surface area contributed by atoms with E-state index in [0.29, 0.717) is 6.61 Å². The fourth-order valence-electron chi connectivity index (χ4n) is 2.56. The lowest BCUT2D eigenvalue weighted by Gasteiger charge is -2.07.